The third-order valence-electron chi connectivity index (χ3n) is 3.87. The van der Waals surface area contributed by atoms with Crippen molar-refractivity contribution in [2.45, 2.75) is 31.6 Å². The van der Waals surface area contributed by atoms with E-state index in [0.717, 1.165) is 5.56 Å². The highest BCUT2D eigenvalue weighted by atomic mass is 32.2. The molecule has 6 nitrogen and oxygen atoms in total. The standard InChI is InChI=1S/C15H22N2O4S/c1-3-21-14-7-6-13(9-11(14)2)22(19,20)17-8-4-5-12(10-17)15(16)18/h6-7,9,12H,3-5,8,10H2,1-2H3,(H2,16,18)/t12-/m1/s1. The number of nitrogens with zero attached hydrogens (tertiary/aromatic N) is 1. The smallest absolute Gasteiger partial charge is 0.243 e. The molecule has 122 valence electrons. The quantitative estimate of drug-likeness (QED) is 0.882. The van der Waals surface area contributed by atoms with E-state index in [4.69, 9.17) is 10.5 Å². The van der Waals surface area contributed by atoms with Crippen molar-refractivity contribution in [2.24, 2.45) is 11.7 Å². The van der Waals surface area contributed by atoms with Crippen molar-refractivity contribution >= 4 is 15.9 Å². The van der Waals surface area contributed by atoms with Crippen LogP contribution in [0.1, 0.15) is 25.3 Å². The minimum absolute atomic E-state index is 0.157. The number of rotatable bonds is 5. The first-order valence-electron chi connectivity index (χ1n) is 7.39. The molecule has 0 aliphatic carbocycles. The summed E-state index contributed by atoms with van der Waals surface area (Å²) in [6, 6.07) is 4.82. The van der Waals surface area contributed by atoms with Crippen LogP contribution in [0, 0.1) is 12.8 Å². The van der Waals surface area contributed by atoms with Gasteiger partial charge in [0.05, 0.1) is 17.4 Å². The third kappa shape index (κ3) is 3.41. The highest BCUT2D eigenvalue weighted by Gasteiger charge is 2.32. The molecule has 1 aromatic carbocycles. The summed E-state index contributed by atoms with van der Waals surface area (Å²) in [6.07, 6.45) is 1.28. The molecule has 1 saturated heterocycles. The van der Waals surface area contributed by atoms with Crippen LogP contribution < -0.4 is 10.5 Å². The van der Waals surface area contributed by atoms with Crippen molar-refractivity contribution in [1.82, 2.24) is 4.31 Å². The molecular formula is C15H22N2O4S. The molecule has 0 bridgehead atoms. The van der Waals surface area contributed by atoms with Crippen LogP contribution >= 0.6 is 0 Å². The van der Waals surface area contributed by atoms with Crippen LogP contribution in [0.15, 0.2) is 23.1 Å². The third-order valence-corrected chi connectivity index (χ3v) is 5.73. The van der Waals surface area contributed by atoms with Crippen molar-refractivity contribution in [2.75, 3.05) is 19.7 Å². The van der Waals surface area contributed by atoms with Gasteiger partial charge in [-0.1, -0.05) is 0 Å². The number of piperidine rings is 1. The summed E-state index contributed by atoms with van der Waals surface area (Å²) in [5.41, 5.74) is 6.08. The highest BCUT2D eigenvalue weighted by molar-refractivity contribution is 7.89. The van der Waals surface area contributed by atoms with Gasteiger partial charge in [-0.25, -0.2) is 8.42 Å². The topological polar surface area (TPSA) is 89.7 Å². The summed E-state index contributed by atoms with van der Waals surface area (Å²) in [5.74, 6) is -0.176. The van der Waals surface area contributed by atoms with Gasteiger partial charge in [0.1, 0.15) is 5.75 Å². The van der Waals surface area contributed by atoms with Crippen LogP contribution in [-0.4, -0.2) is 38.3 Å². The number of carbonyl (C=O) groups is 1. The molecule has 1 aromatic rings. The molecule has 0 radical (unpaired) electrons. The maximum atomic E-state index is 12.7. The molecule has 7 heteroatoms. The number of hydrogen-bond donors (Lipinski definition) is 1. The van der Waals surface area contributed by atoms with Crippen molar-refractivity contribution in [3.05, 3.63) is 23.8 Å². The second-order valence-electron chi connectivity index (χ2n) is 5.46. The van der Waals surface area contributed by atoms with Gasteiger partial charge in [-0.3, -0.25) is 4.79 Å². The average Bonchev–Trinajstić information content (AvgIpc) is 2.49. The Morgan fingerprint density at radius 1 is 1.45 bits per heavy atom. The molecule has 0 unspecified atom stereocenters. The van der Waals surface area contributed by atoms with Gasteiger partial charge < -0.3 is 10.5 Å². The SMILES string of the molecule is CCOc1ccc(S(=O)(=O)N2CCC[C@@H](C(N)=O)C2)cc1C. The lowest BCUT2D eigenvalue weighted by Gasteiger charge is -2.30. The molecule has 1 aliphatic rings. The first-order chi connectivity index (χ1) is 10.4. The molecule has 2 rings (SSSR count). The fourth-order valence-corrected chi connectivity index (χ4v) is 4.25. The zero-order valence-electron chi connectivity index (χ0n) is 12.9. The van der Waals surface area contributed by atoms with E-state index in [-0.39, 0.29) is 11.4 Å². The molecule has 2 N–H and O–H groups in total. The molecule has 0 saturated carbocycles. The molecule has 1 aliphatic heterocycles. The largest absolute Gasteiger partial charge is 0.494 e. The number of benzene rings is 1. The molecule has 0 spiro atoms. The van der Waals surface area contributed by atoms with Gasteiger partial charge in [-0.2, -0.15) is 4.31 Å². The number of ether oxygens (including phenoxy) is 1. The average molecular weight is 326 g/mol. The Kier molecular flexibility index (Phi) is 5.08. The van der Waals surface area contributed by atoms with E-state index in [2.05, 4.69) is 0 Å². The molecule has 1 heterocycles. The van der Waals surface area contributed by atoms with Gasteiger partial charge in [0.15, 0.2) is 0 Å². The zero-order valence-corrected chi connectivity index (χ0v) is 13.7. The van der Waals surface area contributed by atoms with E-state index < -0.39 is 21.8 Å². The highest BCUT2D eigenvalue weighted by Crippen LogP contribution is 2.27. The number of primary amides is 1. The molecule has 0 aromatic heterocycles. The Bertz CT molecular complexity index is 658. The minimum atomic E-state index is -3.61. The van der Waals surface area contributed by atoms with E-state index in [1.807, 2.05) is 13.8 Å². The first kappa shape index (κ1) is 16.8. The summed E-state index contributed by atoms with van der Waals surface area (Å²) >= 11 is 0. The monoisotopic (exact) mass is 326 g/mol. The van der Waals surface area contributed by atoms with Gasteiger partial charge in [-0.15, -0.1) is 0 Å². The number of nitrogens with two attached hydrogens (primary N) is 1. The Morgan fingerprint density at radius 2 is 2.18 bits per heavy atom. The Balaban J connectivity index is 2.26. The zero-order chi connectivity index (χ0) is 16.3. The molecule has 1 fully saturated rings. The predicted octanol–water partition coefficient (Wildman–Crippen LogP) is 1.28. The van der Waals surface area contributed by atoms with Gasteiger partial charge in [0.25, 0.3) is 0 Å². The number of aryl methyl sites for hydroxylation is 1. The van der Waals surface area contributed by atoms with Crippen LogP contribution in [0.3, 0.4) is 0 Å². The molecule has 1 atom stereocenters. The van der Waals surface area contributed by atoms with E-state index in [9.17, 15) is 13.2 Å². The minimum Gasteiger partial charge on any atom is -0.494 e. The normalized spacial score (nSPS) is 19.8. The van der Waals surface area contributed by atoms with Gasteiger partial charge in [-0.05, 0) is 50.5 Å². The first-order valence-corrected chi connectivity index (χ1v) is 8.83. The Labute approximate surface area is 131 Å². The number of carbonyl (C=O) groups excluding carboxylic acids is 1. The van der Waals surface area contributed by atoms with E-state index in [0.29, 0.717) is 31.7 Å². The van der Waals surface area contributed by atoms with Crippen LogP contribution in [0.5, 0.6) is 5.75 Å². The number of sulfonamides is 1. The second kappa shape index (κ2) is 6.66. The van der Waals surface area contributed by atoms with Crippen LogP contribution in [0.4, 0.5) is 0 Å². The summed E-state index contributed by atoms with van der Waals surface area (Å²) < 4.78 is 32.2. The molecular weight excluding hydrogens is 304 g/mol. The Morgan fingerprint density at radius 3 is 2.77 bits per heavy atom. The fourth-order valence-electron chi connectivity index (χ4n) is 2.64. The van der Waals surface area contributed by atoms with Crippen LogP contribution in [0.25, 0.3) is 0 Å². The summed E-state index contributed by atoms with van der Waals surface area (Å²) in [7, 11) is -3.61. The van der Waals surface area contributed by atoms with Crippen LogP contribution in [0.2, 0.25) is 0 Å². The van der Waals surface area contributed by atoms with Crippen molar-refractivity contribution in [3.8, 4) is 5.75 Å². The van der Waals surface area contributed by atoms with Gasteiger partial charge in [0.2, 0.25) is 15.9 Å². The molecule has 22 heavy (non-hydrogen) atoms. The lowest BCUT2D eigenvalue weighted by Crippen LogP contribution is -2.44. The lowest BCUT2D eigenvalue weighted by molar-refractivity contribution is -0.122. The second-order valence-corrected chi connectivity index (χ2v) is 7.40. The summed E-state index contributed by atoms with van der Waals surface area (Å²) in [5, 5.41) is 0. The van der Waals surface area contributed by atoms with Gasteiger partial charge >= 0.3 is 0 Å². The van der Waals surface area contributed by atoms with E-state index in [1.54, 1.807) is 18.2 Å². The van der Waals surface area contributed by atoms with E-state index in [1.165, 1.54) is 4.31 Å². The maximum absolute atomic E-state index is 12.7. The fraction of sp³-hybridized carbons (Fsp3) is 0.533. The lowest BCUT2D eigenvalue weighted by atomic mass is 9.99. The van der Waals surface area contributed by atoms with E-state index >= 15 is 0 Å². The van der Waals surface area contributed by atoms with Gasteiger partial charge in [0, 0.05) is 13.1 Å². The van der Waals surface area contributed by atoms with Crippen LogP contribution in [-0.2, 0) is 14.8 Å². The van der Waals surface area contributed by atoms with Crippen molar-refractivity contribution < 1.29 is 17.9 Å². The summed E-state index contributed by atoms with van der Waals surface area (Å²) in [4.78, 5) is 11.5. The summed E-state index contributed by atoms with van der Waals surface area (Å²) in [6.45, 7) is 4.79. The van der Waals surface area contributed by atoms with Crippen molar-refractivity contribution in [3.63, 3.8) is 0 Å². The number of amides is 1. The molecule has 1 amide bonds. The number of hydrogen-bond acceptors (Lipinski definition) is 4. The Hall–Kier alpha value is -1.60. The predicted molar refractivity (Wildman–Crippen MR) is 83.0 cm³/mol. The maximum Gasteiger partial charge on any atom is 0.243 e. The van der Waals surface area contributed by atoms with Crippen molar-refractivity contribution in [1.29, 1.82) is 0 Å².